The summed E-state index contributed by atoms with van der Waals surface area (Å²) in [4.78, 5) is 30.9. The van der Waals surface area contributed by atoms with Crippen molar-refractivity contribution in [1.29, 1.82) is 0 Å². The molecule has 1 atom stereocenters. The van der Waals surface area contributed by atoms with Crippen molar-refractivity contribution in [3.63, 3.8) is 0 Å². The monoisotopic (exact) mass is 611 g/mol. The van der Waals surface area contributed by atoms with E-state index < -0.39 is 0 Å². The van der Waals surface area contributed by atoms with Gasteiger partial charge in [0.1, 0.15) is 5.75 Å². The normalized spacial score (nSPS) is 14.8. The molecule has 3 aromatic carbocycles. The van der Waals surface area contributed by atoms with Crippen LogP contribution in [0.5, 0.6) is 5.75 Å². The van der Waals surface area contributed by atoms with Crippen molar-refractivity contribution in [2.24, 2.45) is 0 Å². The highest BCUT2D eigenvalue weighted by atomic mass is 35.5. The minimum absolute atomic E-state index is 0.161. The van der Waals surface area contributed by atoms with Gasteiger partial charge in [-0.1, -0.05) is 55.6 Å². The van der Waals surface area contributed by atoms with Crippen LogP contribution in [-0.4, -0.2) is 56.6 Å². The number of likely N-dealkylation sites (N-methyl/N-ethyl adjacent to an activating group) is 1. The molecule has 0 spiro atoms. The first kappa shape index (κ1) is 31.8. The van der Waals surface area contributed by atoms with Gasteiger partial charge in [-0.15, -0.1) is 0 Å². The summed E-state index contributed by atoms with van der Waals surface area (Å²) in [5, 5.41) is 3.80. The third-order valence-electron chi connectivity index (χ3n) is 7.53. The molecule has 1 heterocycles. The third-order valence-corrected chi connectivity index (χ3v) is 8.10. The number of halogens is 2. The van der Waals surface area contributed by atoms with E-state index in [9.17, 15) is 9.59 Å². The number of rotatable bonds is 12. The van der Waals surface area contributed by atoms with Gasteiger partial charge in [0.15, 0.2) is 0 Å². The molecule has 1 aliphatic heterocycles. The number of unbranched alkanes of at least 4 members (excludes halogenated alkanes) is 1. The van der Waals surface area contributed by atoms with Crippen LogP contribution in [0, 0.1) is 0 Å². The van der Waals surface area contributed by atoms with Crippen molar-refractivity contribution in [3.8, 4) is 5.75 Å². The molecule has 1 N–H and O–H groups in total. The molecular weight excluding hydrogens is 573 g/mol. The summed E-state index contributed by atoms with van der Waals surface area (Å²) in [5.41, 5.74) is 2.93. The van der Waals surface area contributed by atoms with Crippen LogP contribution in [0.1, 0.15) is 71.9 Å². The van der Waals surface area contributed by atoms with Crippen molar-refractivity contribution in [2.45, 2.75) is 45.6 Å². The van der Waals surface area contributed by atoms with Crippen molar-refractivity contribution in [1.82, 2.24) is 4.90 Å². The van der Waals surface area contributed by atoms with Crippen LogP contribution in [-0.2, 0) is 4.74 Å². The zero-order valence-corrected chi connectivity index (χ0v) is 26.0. The summed E-state index contributed by atoms with van der Waals surface area (Å²) in [5.74, 6) is -0.188. The smallest absolute Gasteiger partial charge is 0.262 e. The van der Waals surface area contributed by atoms with Gasteiger partial charge in [-0.25, -0.2) is 0 Å². The molecule has 1 unspecified atom stereocenters. The molecule has 0 radical (unpaired) electrons. The highest BCUT2D eigenvalue weighted by Gasteiger charge is 2.29. The second-order valence-corrected chi connectivity index (χ2v) is 11.1. The number of carbonyl (C=O) groups is 2. The summed E-state index contributed by atoms with van der Waals surface area (Å²) < 4.78 is 12.0. The van der Waals surface area contributed by atoms with E-state index in [1.165, 1.54) is 20.0 Å². The molecule has 0 aliphatic carbocycles. The lowest BCUT2D eigenvalue weighted by Gasteiger charge is -2.26. The van der Waals surface area contributed by atoms with Gasteiger partial charge in [0.2, 0.25) is 0 Å². The summed E-state index contributed by atoms with van der Waals surface area (Å²) in [6.07, 6.45) is 3.73. The quantitative estimate of drug-likeness (QED) is 0.225. The third kappa shape index (κ3) is 7.84. The van der Waals surface area contributed by atoms with Crippen LogP contribution < -0.4 is 15.0 Å². The predicted octanol–water partition coefficient (Wildman–Crippen LogP) is 7.87. The molecule has 1 aliphatic rings. The van der Waals surface area contributed by atoms with E-state index in [0.29, 0.717) is 45.8 Å². The molecule has 42 heavy (non-hydrogen) atoms. The number of methoxy groups -OCH3 is 1. The van der Waals surface area contributed by atoms with Crippen molar-refractivity contribution in [2.75, 3.05) is 50.1 Å². The second kappa shape index (κ2) is 15.4. The zero-order chi connectivity index (χ0) is 30.1. The lowest BCUT2D eigenvalue weighted by atomic mass is 10.0. The Morgan fingerprint density at radius 3 is 2.57 bits per heavy atom. The Balaban J connectivity index is 1.53. The number of hydrogen-bond donors (Lipinski definition) is 1. The molecule has 0 bridgehead atoms. The lowest BCUT2D eigenvalue weighted by molar-refractivity contribution is 0.0326. The topological polar surface area (TPSA) is 71.1 Å². The number of carbonyl (C=O) groups excluding carboxylic acids is 2. The number of benzene rings is 3. The van der Waals surface area contributed by atoms with Crippen LogP contribution in [0.4, 0.5) is 11.4 Å². The molecule has 4 rings (SSSR count). The molecule has 2 amide bonds. The van der Waals surface area contributed by atoms with Gasteiger partial charge < -0.3 is 24.6 Å². The molecule has 0 saturated heterocycles. The van der Waals surface area contributed by atoms with E-state index in [2.05, 4.69) is 24.1 Å². The van der Waals surface area contributed by atoms with E-state index >= 15 is 0 Å². The van der Waals surface area contributed by atoms with E-state index in [1.807, 2.05) is 12.1 Å². The van der Waals surface area contributed by atoms with Crippen LogP contribution in [0.3, 0.4) is 0 Å². The Kier molecular flexibility index (Phi) is 11.7. The molecule has 0 fully saturated rings. The first-order valence-corrected chi connectivity index (χ1v) is 15.3. The summed E-state index contributed by atoms with van der Waals surface area (Å²) in [6.45, 7) is 8.43. The first-order valence-electron chi connectivity index (χ1n) is 14.5. The van der Waals surface area contributed by atoms with E-state index in [0.717, 1.165) is 43.7 Å². The maximum absolute atomic E-state index is 14.0. The number of anilines is 2. The van der Waals surface area contributed by atoms with Gasteiger partial charge in [0.25, 0.3) is 11.8 Å². The SMILES string of the molecule is CCCCN(CC)CCOC1CCCN(C(=O)c2ccc(NC(=O)c3ccccc3Cl)cc2OC)c2ccc(Cl)cc21. The van der Waals surface area contributed by atoms with Gasteiger partial charge in [-0.05, 0) is 74.8 Å². The summed E-state index contributed by atoms with van der Waals surface area (Å²) in [6, 6.07) is 17.4. The minimum Gasteiger partial charge on any atom is -0.496 e. The molecule has 0 saturated carbocycles. The summed E-state index contributed by atoms with van der Waals surface area (Å²) in [7, 11) is 1.51. The number of hydrogen-bond acceptors (Lipinski definition) is 5. The van der Waals surface area contributed by atoms with Gasteiger partial charge in [-0.2, -0.15) is 0 Å². The number of ether oxygens (including phenoxy) is 2. The van der Waals surface area contributed by atoms with Gasteiger partial charge in [-0.3, -0.25) is 9.59 Å². The van der Waals surface area contributed by atoms with Crippen LogP contribution in [0.2, 0.25) is 10.0 Å². The Hall–Kier alpha value is -3.10. The maximum atomic E-state index is 14.0. The number of nitrogens with one attached hydrogen (secondary N) is 1. The average Bonchev–Trinajstić information content (AvgIpc) is 3.17. The fourth-order valence-corrected chi connectivity index (χ4v) is 5.59. The molecular formula is C33H39Cl2N3O4. The molecule has 0 aromatic heterocycles. The van der Waals surface area contributed by atoms with E-state index in [4.69, 9.17) is 32.7 Å². The average molecular weight is 613 g/mol. The Bertz CT molecular complexity index is 1380. The molecule has 7 nitrogen and oxygen atoms in total. The number of fused-ring (bicyclic) bond motifs is 1. The van der Waals surface area contributed by atoms with Crippen molar-refractivity contribution < 1.29 is 19.1 Å². The minimum atomic E-state index is -0.349. The maximum Gasteiger partial charge on any atom is 0.262 e. The molecule has 224 valence electrons. The standard InChI is InChI=1S/C33H39Cl2N3O4/c1-4-6-17-37(5-2)19-20-42-30-12-9-18-38(29-16-13-23(34)21-27(29)30)33(40)26-15-14-24(22-31(26)41-3)36-32(39)25-10-7-8-11-28(25)35/h7-8,10-11,13-16,21-22,30H,4-6,9,12,17-20H2,1-3H3,(H,36,39). The molecule has 3 aromatic rings. The zero-order valence-electron chi connectivity index (χ0n) is 24.5. The van der Waals surface area contributed by atoms with Crippen LogP contribution >= 0.6 is 23.2 Å². The Morgan fingerprint density at radius 2 is 1.83 bits per heavy atom. The highest BCUT2D eigenvalue weighted by Crippen LogP contribution is 2.38. The van der Waals surface area contributed by atoms with E-state index in [-0.39, 0.29) is 17.9 Å². The van der Waals surface area contributed by atoms with Crippen LogP contribution in [0.25, 0.3) is 0 Å². The fourth-order valence-electron chi connectivity index (χ4n) is 5.19. The highest BCUT2D eigenvalue weighted by molar-refractivity contribution is 6.34. The largest absolute Gasteiger partial charge is 0.496 e. The van der Waals surface area contributed by atoms with Gasteiger partial charge in [0.05, 0.1) is 36.0 Å². The fraction of sp³-hybridized carbons (Fsp3) is 0.394. The predicted molar refractivity (Wildman–Crippen MR) is 170 cm³/mol. The second-order valence-electron chi connectivity index (χ2n) is 10.3. The summed E-state index contributed by atoms with van der Waals surface area (Å²) >= 11 is 12.6. The number of amides is 2. The van der Waals surface area contributed by atoms with E-state index in [1.54, 1.807) is 53.4 Å². The Labute approximate surface area is 258 Å². The first-order chi connectivity index (χ1) is 20.4. The van der Waals surface area contributed by atoms with Gasteiger partial charge >= 0.3 is 0 Å². The van der Waals surface area contributed by atoms with Gasteiger partial charge in [0, 0.05) is 41.1 Å². The Morgan fingerprint density at radius 1 is 1.02 bits per heavy atom. The number of nitrogens with zero attached hydrogens (tertiary/aromatic N) is 2. The van der Waals surface area contributed by atoms with Crippen molar-refractivity contribution >= 4 is 46.4 Å². The lowest BCUT2D eigenvalue weighted by Crippen LogP contribution is -2.32. The van der Waals surface area contributed by atoms with Crippen molar-refractivity contribution in [3.05, 3.63) is 87.4 Å². The van der Waals surface area contributed by atoms with Crippen LogP contribution in [0.15, 0.2) is 60.7 Å². The molecule has 9 heteroatoms.